The molecule has 1 aliphatic heterocycles. The molecule has 0 radical (unpaired) electrons. The Hall–Kier alpha value is -0.640. The minimum atomic E-state index is -0.163. The Morgan fingerprint density at radius 3 is 2.33 bits per heavy atom. The Morgan fingerprint density at radius 1 is 1.28 bits per heavy atom. The maximum Gasteiger partial charge on any atom is 0.123 e. The fourth-order valence-electron chi connectivity index (χ4n) is 2.48. The number of nitrogens with two attached hydrogens (primary N) is 1. The van der Waals surface area contributed by atoms with Gasteiger partial charge in [-0.05, 0) is 56.5 Å². The largest absolute Gasteiger partial charge is 0.328 e. The van der Waals surface area contributed by atoms with Crippen LogP contribution in [0.2, 0.25) is 0 Å². The first-order valence-electron chi connectivity index (χ1n) is 6.37. The second kappa shape index (κ2) is 7.07. The lowest BCUT2D eigenvalue weighted by Gasteiger charge is -2.33. The van der Waals surface area contributed by atoms with Gasteiger partial charge in [0.25, 0.3) is 0 Å². The van der Waals surface area contributed by atoms with Gasteiger partial charge in [0.1, 0.15) is 5.82 Å². The van der Waals surface area contributed by atoms with Crippen molar-refractivity contribution >= 4 is 12.4 Å². The maximum absolute atomic E-state index is 12.8. The molecule has 1 saturated heterocycles. The fourth-order valence-corrected chi connectivity index (χ4v) is 2.48. The van der Waals surface area contributed by atoms with Gasteiger partial charge in [0, 0.05) is 12.6 Å². The monoisotopic (exact) mass is 272 g/mol. The number of halogens is 2. The number of hydrogen-bond acceptors (Lipinski definition) is 2. The normalized spacial score (nSPS) is 19.3. The van der Waals surface area contributed by atoms with Gasteiger partial charge in [0.05, 0.1) is 0 Å². The summed E-state index contributed by atoms with van der Waals surface area (Å²) in [5, 5.41) is 0. The van der Waals surface area contributed by atoms with Crippen LogP contribution in [0, 0.1) is 11.7 Å². The number of benzene rings is 1. The van der Waals surface area contributed by atoms with Gasteiger partial charge in [0.2, 0.25) is 0 Å². The molecule has 0 spiro atoms. The van der Waals surface area contributed by atoms with E-state index < -0.39 is 0 Å². The Morgan fingerprint density at radius 2 is 1.83 bits per heavy atom. The highest BCUT2D eigenvalue weighted by molar-refractivity contribution is 5.85. The van der Waals surface area contributed by atoms with Gasteiger partial charge in [-0.15, -0.1) is 12.4 Å². The molecule has 1 atom stereocenters. The molecule has 0 bridgehead atoms. The van der Waals surface area contributed by atoms with Gasteiger partial charge in [-0.2, -0.15) is 0 Å². The highest BCUT2D eigenvalue weighted by atomic mass is 35.5. The van der Waals surface area contributed by atoms with E-state index in [-0.39, 0.29) is 18.2 Å². The van der Waals surface area contributed by atoms with Crippen LogP contribution >= 0.6 is 12.4 Å². The highest BCUT2D eigenvalue weighted by Gasteiger charge is 2.21. The minimum Gasteiger partial charge on any atom is -0.328 e. The molecule has 0 amide bonds. The van der Waals surface area contributed by atoms with Gasteiger partial charge in [-0.1, -0.05) is 12.1 Å². The molecule has 0 saturated carbocycles. The third kappa shape index (κ3) is 4.23. The number of likely N-dealkylation sites (tertiary alicyclic amines) is 1. The van der Waals surface area contributed by atoms with E-state index in [1.54, 1.807) is 0 Å². The van der Waals surface area contributed by atoms with Crippen LogP contribution in [0.5, 0.6) is 0 Å². The summed E-state index contributed by atoms with van der Waals surface area (Å²) in [6.45, 7) is 5.22. The molecule has 0 aliphatic carbocycles. The molecule has 1 fully saturated rings. The zero-order chi connectivity index (χ0) is 12.3. The van der Waals surface area contributed by atoms with Crippen LogP contribution in [0.3, 0.4) is 0 Å². The summed E-state index contributed by atoms with van der Waals surface area (Å²) in [6.07, 6.45) is 2.36. The molecule has 1 aliphatic rings. The van der Waals surface area contributed by atoms with Crippen LogP contribution in [0.4, 0.5) is 4.39 Å². The number of hydrogen-bond donors (Lipinski definition) is 1. The average Bonchev–Trinajstić information content (AvgIpc) is 2.33. The van der Waals surface area contributed by atoms with Crippen molar-refractivity contribution in [3.05, 3.63) is 35.6 Å². The van der Waals surface area contributed by atoms with Crippen LogP contribution < -0.4 is 5.73 Å². The number of piperidine rings is 1. The van der Waals surface area contributed by atoms with E-state index in [0.29, 0.717) is 12.0 Å². The molecular weight excluding hydrogens is 251 g/mol. The lowest BCUT2D eigenvalue weighted by atomic mass is 9.91. The second-order valence-corrected chi connectivity index (χ2v) is 5.10. The Balaban J connectivity index is 0.00000162. The smallest absolute Gasteiger partial charge is 0.123 e. The van der Waals surface area contributed by atoms with Crippen molar-refractivity contribution in [2.45, 2.75) is 32.4 Å². The maximum atomic E-state index is 12.8. The molecular formula is C14H22ClFN2. The van der Waals surface area contributed by atoms with Crippen molar-refractivity contribution < 1.29 is 4.39 Å². The molecule has 1 aromatic rings. The summed E-state index contributed by atoms with van der Waals surface area (Å²) in [7, 11) is 0. The van der Waals surface area contributed by atoms with E-state index in [2.05, 4.69) is 11.8 Å². The van der Waals surface area contributed by atoms with Crippen LogP contribution in [0.25, 0.3) is 0 Å². The molecule has 2 nitrogen and oxygen atoms in total. The number of nitrogens with zero attached hydrogens (tertiary/aromatic N) is 1. The van der Waals surface area contributed by atoms with Gasteiger partial charge >= 0.3 is 0 Å². The van der Waals surface area contributed by atoms with Crippen molar-refractivity contribution in [2.24, 2.45) is 11.7 Å². The van der Waals surface area contributed by atoms with Crippen molar-refractivity contribution in [3.8, 4) is 0 Å². The molecule has 18 heavy (non-hydrogen) atoms. The second-order valence-electron chi connectivity index (χ2n) is 5.10. The summed E-state index contributed by atoms with van der Waals surface area (Å²) < 4.78 is 12.8. The quantitative estimate of drug-likeness (QED) is 0.917. The van der Waals surface area contributed by atoms with Gasteiger partial charge in [0.15, 0.2) is 0 Å². The van der Waals surface area contributed by atoms with Crippen LogP contribution in [-0.4, -0.2) is 24.0 Å². The summed E-state index contributed by atoms with van der Waals surface area (Å²) in [5.74, 6) is 0.504. The SMILES string of the molecule is CC(N)C1CCN(Cc2ccc(F)cc2)CC1.Cl. The first-order chi connectivity index (χ1) is 8.15. The molecule has 102 valence electrons. The van der Waals surface area contributed by atoms with E-state index in [4.69, 9.17) is 5.73 Å². The van der Waals surface area contributed by atoms with Gasteiger partial charge in [-0.25, -0.2) is 4.39 Å². The molecule has 2 N–H and O–H groups in total. The van der Waals surface area contributed by atoms with E-state index in [9.17, 15) is 4.39 Å². The van der Waals surface area contributed by atoms with Crippen molar-refractivity contribution in [3.63, 3.8) is 0 Å². The topological polar surface area (TPSA) is 29.3 Å². The van der Waals surface area contributed by atoms with Crippen LogP contribution in [-0.2, 0) is 6.54 Å². The van der Waals surface area contributed by atoms with E-state index in [1.807, 2.05) is 12.1 Å². The summed E-state index contributed by atoms with van der Waals surface area (Å²) in [6, 6.07) is 7.11. The Bertz CT molecular complexity index is 345. The van der Waals surface area contributed by atoms with E-state index in [1.165, 1.54) is 30.5 Å². The number of rotatable bonds is 3. The zero-order valence-electron chi connectivity index (χ0n) is 10.8. The van der Waals surface area contributed by atoms with Crippen LogP contribution in [0.1, 0.15) is 25.3 Å². The molecule has 1 aromatic carbocycles. The van der Waals surface area contributed by atoms with Crippen molar-refractivity contribution in [1.82, 2.24) is 4.90 Å². The third-order valence-electron chi connectivity index (χ3n) is 3.70. The molecule has 1 heterocycles. The van der Waals surface area contributed by atoms with Crippen LogP contribution in [0.15, 0.2) is 24.3 Å². The summed E-state index contributed by atoms with van der Waals surface area (Å²) in [5.41, 5.74) is 7.11. The van der Waals surface area contributed by atoms with Gasteiger partial charge in [-0.3, -0.25) is 4.90 Å². The van der Waals surface area contributed by atoms with Crippen molar-refractivity contribution in [1.29, 1.82) is 0 Å². The summed E-state index contributed by atoms with van der Waals surface area (Å²) >= 11 is 0. The first kappa shape index (κ1) is 15.4. The average molecular weight is 273 g/mol. The third-order valence-corrected chi connectivity index (χ3v) is 3.70. The lowest BCUT2D eigenvalue weighted by Crippen LogP contribution is -2.39. The van der Waals surface area contributed by atoms with Gasteiger partial charge < -0.3 is 5.73 Å². The fraction of sp³-hybridized carbons (Fsp3) is 0.571. The zero-order valence-corrected chi connectivity index (χ0v) is 11.6. The standard InChI is InChI=1S/C14H21FN2.ClH/c1-11(16)13-6-8-17(9-7-13)10-12-2-4-14(15)5-3-12;/h2-5,11,13H,6-10,16H2,1H3;1H. The van der Waals surface area contributed by atoms with E-state index in [0.717, 1.165) is 19.6 Å². The predicted molar refractivity (Wildman–Crippen MR) is 75.3 cm³/mol. The molecule has 0 aromatic heterocycles. The Kier molecular flexibility index (Phi) is 6.06. The summed E-state index contributed by atoms with van der Waals surface area (Å²) in [4.78, 5) is 2.42. The minimum absolute atomic E-state index is 0. The van der Waals surface area contributed by atoms with Crippen molar-refractivity contribution in [2.75, 3.05) is 13.1 Å². The lowest BCUT2D eigenvalue weighted by molar-refractivity contribution is 0.165. The Labute approximate surface area is 115 Å². The molecule has 1 unspecified atom stereocenters. The van der Waals surface area contributed by atoms with E-state index >= 15 is 0 Å². The predicted octanol–water partition coefficient (Wildman–Crippen LogP) is 2.81. The molecule has 4 heteroatoms. The first-order valence-corrected chi connectivity index (χ1v) is 6.37. The highest BCUT2D eigenvalue weighted by Crippen LogP contribution is 2.20. The molecule has 2 rings (SSSR count).